The number of alkyl halides is 3. The van der Waals surface area contributed by atoms with E-state index in [1.54, 1.807) is 0 Å². The highest BCUT2D eigenvalue weighted by Gasteiger charge is 2.30. The molecule has 0 aromatic heterocycles. The Hall–Kier alpha value is -1.32. The number of carbonyl (C=O) groups excluding carboxylic acids is 1. The highest BCUT2D eigenvalue weighted by atomic mass is 19.4. The third-order valence-electron chi connectivity index (χ3n) is 3.55. The Kier molecular flexibility index (Phi) is 6.24. The topological polar surface area (TPSA) is 17.1 Å². The molecule has 1 nitrogen and oxygen atoms in total. The molecule has 0 spiro atoms. The molecule has 1 aromatic rings. The van der Waals surface area contributed by atoms with Gasteiger partial charge in [0.15, 0.2) is 5.78 Å². The molecule has 0 aliphatic carbocycles. The second-order valence-electron chi connectivity index (χ2n) is 5.12. The van der Waals surface area contributed by atoms with E-state index in [1.807, 2.05) is 6.92 Å². The molecule has 1 atom stereocenters. The van der Waals surface area contributed by atoms with Gasteiger partial charge in [0, 0.05) is 12.0 Å². The first-order valence-electron chi connectivity index (χ1n) is 7.08. The number of halogens is 3. The fourth-order valence-electron chi connectivity index (χ4n) is 2.17. The summed E-state index contributed by atoms with van der Waals surface area (Å²) in [5.41, 5.74) is -0.347. The molecule has 4 heteroatoms. The van der Waals surface area contributed by atoms with Gasteiger partial charge in [-0.15, -0.1) is 0 Å². The number of Topliss-reactive ketones (excluding diaryl/α,β-unsaturated/α-hetero) is 1. The Morgan fingerprint density at radius 3 is 2.20 bits per heavy atom. The van der Waals surface area contributed by atoms with Crippen LogP contribution in [0.2, 0.25) is 0 Å². The minimum absolute atomic E-state index is 0.0679. The third-order valence-corrected chi connectivity index (χ3v) is 3.55. The molecule has 1 rings (SSSR count). The lowest BCUT2D eigenvalue weighted by Crippen LogP contribution is -2.10. The van der Waals surface area contributed by atoms with E-state index in [4.69, 9.17) is 0 Å². The van der Waals surface area contributed by atoms with Crippen LogP contribution in [0.25, 0.3) is 0 Å². The number of rotatable bonds is 7. The van der Waals surface area contributed by atoms with Crippen molar-refractivity contribution < 1.29 is 18.0 Å². The molecule has 0 fully saturated rings. The first-order valence-corrected chi connectivity index (χ1v) is 7.08. The van der Waals surface area contributed by atoms with E-state index in [1.165, 1.54) is 12.1 Å². The van der Waals surface area contributed by atoms with Gasteiger partial charge in [0.25, 0.3) is 0 Å². The lowest BCUT2D eigenvalue weighted by molar-refractivity contribution is -0.137. The van der Waals surface area contributed by atoms with E-state index in [2.05, 4.69) is 6.92 Å². The monoisotopic (exact) mass is 286 g/mol. The van der Waals surface area contributed by atoms with Gasteiger partial charge < -0.3 is 0 Å². The summed E-state index contributed by atoms with van der Waals surface area (Å²) in [7, 11) is 0. The van der Waals surface area contributed by atoms with Gasteiger partial charge in [-0.05, 0) is 18.1 Å². The van der Waals surface area contributed by atoms with E-state index in [0.717, 1.165) is 37.8 Å². The van der Waals surface area contributed by atoms with Crippen LogP contribution in [0, 0.1) is 5.92 Å². The second-order valence-corrected chi connectivity index (χ2v) is 5.12. The first kappa shape index (κ1) is 16.7. The first-order chi connectivity index (χ1) is 9.38. The lowest BCUT2D eigenvalue weighted by atomic mass is 9.91. The standard InChI is InChI=1S/C16H21F3O/c1-3-5-6-12(4-2)11-15(20)13-7-9-14(10-8-13)16(17,18)19/h7-10,12H,3-6,11H2,1-2H3. The zero-order valence-corrected chi connectivity index (χ0v) is 12.0. The molecular formula is C16H21F3O. The maximum Gasteiger partial charge on any atom is 0.416 e. The van der Waals surface area contributed by atoms with Crippen molar-refractivity contribution in [2.45, 2.75) is 52.1 Å². The van der Waals surface area contributed by atoms with Crippen LogP contribution < -0.4 is 0 Å². The molecule has 0 radical (unpaired) electrons. The van der Waals surface area contributed by atoms with E-state index < -0.39 is 11.7 Å². The summed E-state index contributed by atoms with van der Waals surface area (Å²) in [6.07, 6.45) is 0.159. The van der Waals surface area contributed by atoms with Crippen LogP contribution in [0.5, 0.6) is 0 Å². The fourth-order valence-corrected chi connectivity index (χ4v) is 2.17. The van der Waals surface area contributed by atoms with E-state index in [0.29, 0.717) is 17.9 Å². The minimum Gasteiger partial charge on any atom is -0.294 e. The fraction of sp³-hybridized carbons (Fsp3) is 0.562. The Labute approximate surface area is 118 Å². The quantitative estimate of drug-likeness (QED) is 0.605. The summed E-state index contributed by atoms with van der Waals surface area (Å²) in [6.45, 7) is 4.14. The number of benzene rings is 1. The average Bonchev–Trinajstić information content (AvgIpc) is 2.42. The van der Waals surface area contributed by atoms with Crippen molar-refractivity contribution in [3.63, 3.8) is 0 Å². The number of unbranched alkanes of at least 4 members (excludes halogenated alkanes) is 1. The molecule has 0 aliphatic rings. The molecule has 0 N–H and O–H groups in total. The number of carbonyl (C=O) groups is 1. The van der Waals surface area contributed by atoms with E-state index in [9.17, 15) is 18.0 Å². The Bertz CT molecular complexity index is 420. The zero-order chi connectivity index (χ0) is 15.2. The molecule has 0 heterocycles. The molecule has 0 amide bonds. The molecule has 0 saturated carbocycles. The average molecular weight is 286 g/mol. The summed E-state index contributed by atoms with van der Waals surface area (Å²) >= 11 is 0. The van der Waals surface area contributed by atoms with Crippen LogP contribution in [0.4, 0.5) is 13.2 Å². The van der Waals surface area contributed by atoms with Crippen molar-refractivity contribution >= 4 is 5.78 Å². The van der Waals surface area contributed by atoms with Gasteiger partial charge in [-0.25, -0.2) is 0 Å². The summed E-state index contributed by atoms with van der Waals surface area (Å²) in [4.78, 5) is 12.1. The van der Waals surface area contributed by atoms with Crippen molar-refractivity contribution in [3.8, 4) is 0 Å². The van der Waals surface area contributed by atoms with E-state index >= 15 is 0 Å². The largest absolute Gasteiger partial charge is 0.416 e. The minimum atomic E-state index is -4.35. The molecule has 0 saturated heterocycles. The molecule has 112 valence electrons. The van der Waals surface area contributed by atoms with Gasteiger partial charge in [-0.2, -0.15) is 13.2 Å². The van der Waals surface area contributed by atoms with Gasteiger partial charge in [0.2, 0.25) is 0 Å². The van der Waals surface area contributed by atoms with E-state index in [-0.39, 0.29) is 5.78 Å². The second kappa shape index (κ2) is 7.46. The molecule has 1 unspecified atom stereocenters. The van der Waals surface area contributed by atoms with Gasteiger partial charge in [-0.3, -0.25) is 4.79 Å². The lowest BCUT2D eigenvalue weighted by Gasteiger charge is -2.13. The Morgan fingerprint density at radius 2 is 1.75 bits per heavy atom. The maximum absolute atomic E-state index is 12.4. The summed E-state index contributed by atoms with van der Waals surface area (Å²) in [6, 6.07) is 4.50. The molecule has 0 aliphatic heterocycles. The van der Waals surface area contributed by atoms with Crippen LogP contribution in [0.3, 0.4) is 0 Å². The van der Waals surface area contributed by atoms with Gasteiger partial charge in [0.05, 0.1) is 5.56 Å². The number of hydrogen-bond acceptors (Lipinski definition) is 1. The number of hydrogen-bond donors (Lipinski definition) is 0. The molecular weight excluding hydrogens is 265 g/mol. The van der Waals surface area contributed by atoms with Crippen molar-refractivity contribution in [1.29, 1.82) is 0 Å². The van der Waals surface area contributed by atoms with Gasteiger partial charge in [-0.1, -0.05) is 51.7 Å². The van der Waals surface area contributed by atoms with Crippen LogP contribution in [0.1, 0.15) is 61.9 Å². The number of ketones is 1. The summed E-state index contributed by atoms with van der Waals surface area (Å²) < 4.78 is 37.3. The molecule has 20 heavy (non-hydrogen) atoms. The molecule has 1 aromatic carbocycles. The summed E-state index contributed by atoms with van der Waals surface area (Å²) in [5.74, 6) is 0.256. The zero-order valence-electron chi connectivity index (χ0n) is 12.0. The van der Waals surface area contributed by atoms with Crippen molar-refractivity contribution in [2.75, 3.05) is 0 Å². The van der Waals surface area contributed by atoms with Crippen molar-refractivity contribution in [3.05, 3.63) is 35.4 Å². The predicted molar refractivity (Wildman–Crippen MR) is 73.7 cm³/mol. The Balaban J connectivity index is 2.67. The highest BCUT2D eigenvalue weighted by molar-refractivity contribution is 5.96. The Morgan fingerprint density at radius 1 is 1.15 bits per heavy atom. The predicted octanol–water partition coefficient (Wildman–Crippen LogP) is 5.49. The molecule has 0 bridgehead atoms. The van der Waals surface area contributed by atoms with Crippen LogP contribution in [-0.2, 0) is 6.18 Å². The van der Waals surface area contributed by atoms with Gasteiger partial charge >= 0.3 is 6.18 Å². The SMILES string of the molecule is CCCCC(CC)CC(=O)c1ccc(C(F)(F)F)cc1. The van der Waals surface area contributed by atoms with Crippen LogP contribution in [-0.4, -0.2) is 5.78 Å². The smallest absolute Gasteiger partial charge is 0.294 e. The maximum atomic E-state index is 12.4. The van der Waals surface area contributed by atoms with Crippen LogP contribution >= 0.6 is 0 Å². The van der Waals surface area contributed by atoms with Crippen molar-refractivity contribution in [2.24, 2.45) is 5.92 Å². The van der Waals surface area contributed by atoms with Gasteiger partial charge in [0.1, 0.15) is 0 Å². The third kappa shape index (κ3) is 4.99. The van der Waals surface area contributed by atoms with Crippen molar-refractivity contribution in [1.82, 2.24) is 0 Å². The normalized spacial score (nSPS) is 13.2. The summed E-state index contributed by atoms with van der Waals surface area (Å²) in [5, 5.41) is 0. The van der Waals surface area contributed by atoms with Crippen LogP contribution in [0.15, 0.2) is 24.3 Å². The highest BCUT2D eigenvalue weighted by Crippen LogP contribution is 2.29.